The molecule has 4 aromatic rings. The number of thioether (sulfide) groups is 1. The van der Waals surface area contributed by atoms with Gasteiger partial charge in [-0.15, -0.1) is 0 Å². The summed E-state index contributed by atoms with van der Waals surface area (Å²) in [5, 5.41) is 2.07. The Hall–Kier alpha value is -2.56. The standard InChI is InChI=1S/C23H19ClN2OS/c1-16(18-7-3-2-4-8-18)26-22(27)20-9-5-6-10-21(20)25-23(26)28-15-17-11-13-19(24)14-12-17/h2-14,16H,15H2,1H3/t16-/m1/s1. The summed E-state index contributed by atoms with van der Waals surface area (Å²) in [5.41, 5.74) is 2.92. The fraction of sp³-hybridized carbons (Fsp3) is 0.130. The lowest BCUT2D eigenvalue weighted by atomic mass is 10.1. The molecule has 0 unspecified atom stereocenters. The first-order chi connectivity index (χ1) is 13.6. The van der Waals surface area contributed by atoms with Crippen LogP contribution < -0.4 is 5.56 Å². The van der Waals surface area contributed by atoms with Crippen LogP contribution in [0.5, 0.6) is 0 Å². The predicted molar refractivity (Wildman–Crippen MR) is 117 cm³/mol. The fourth-order valence-corrected chi connectivity index (χ4v) is 4.34. The molecule has 0 aliphatic heterocycles. The van der Waals surface area contributed by atoms with E-state index in [-0.39, 0.29) is 11.6 Å². The van der Waals surface area contributed by atoms with Crippen LogP contribution in [-0.2, 0) is 5.75 Å². The van der Waals surface area contributed by atoms with Gasteiger partial charge in [0.2, 0.25) is 0 Å². The van der Waals surface area contributed by atoms with E-state index in [1.165, 1.54) is 0 Å². The summed E-state index contributed by atoms with van der Waals surface area (Å²) in [6, 6.07) is 25.2. The Labute approximate surface area is 173 Å². The molecule has 3 aromatic carbocycles. The lowest BCUT2D eigenvalue weighted by Crippen LogP contribution is -2.27. The highest BCUT2D eigenvalue weighted by Gasteiger charge is 2.17. The normalized spacial score (nSPS) is 12.2. The van der Waals surface area contributed by atoms with E-state index in [2.05, 4.69) is 0 Å². The Balaban J connectivity index is 1.79. The van der Waals surface area contributed by atoms with Gasteiger partial charge in [-0.2, -0.15) is 0 Å². The zero-order chi connectivity index (χ0) is 19.5. The van der Waals surface area contributed by atoms with Crippen molar-refractivity contribution in [3.05, 3.63) is 105 Å². The highest BCUT2D eigenvalue weighted by molar-refractivity contribution is 7.98. The van der Waals surface area contributed by atoms with E-state index in [9.17, 15) is 4.79 Å². The molecule has 0 bridgehead atoms. The summed E-state index contributed by atoms with van der Waals surface area (Å²) >= 11 is 7.55. The minimum absolute atomic E-state index is 0.0134. The van der Waals surface area contributed by atoms with Crippen LogP contribution in [-0.4, -0.2) is 9.55 Å². The van der Waals surface area contributed by atoms with Gasteiger partial charge in [0.25, 0.3) is 5.56 Å². The fourth-order valence-electron chi connectivity index (χ4n) is 3.18. The largest absolute Gasteiger partial charge is 0.280 e. The lowest BCUT2D eigenvalue weighted by Gasteiger charge is -2.20. The number of benzene rings is 3. The highest BCUT2D eigenvalue weighted by atomic mass is 35.5. The number of fused-ring (bicyclic) bond motifs is 1. The van der Waals surface area contributed by atoms with Crippen molar-refractivity contribution in [1.29, 1.82) is 0 Å². The van der Waals surface area contributed by atoms with Gasteiger partial charge in [-0.25, -0.2) is 4.98 Å². The number of hydrogen-bond acceptors (Lipinski definition) is 3. The Kier molecular flexibility index (Phi) is 5.51. The van der Waals surface area contributed by atoms with Crippen molar-refractivity contribution < 1.29 is 0 Å². The van der Waals surface area contributed by atoms with Crippen molar-refractivity contribution >= 4 is 34.3 Å². The van der Waals surface area contributed by atoms with Crippen LogP contribution in [0, 0.1) is 0 Å². The number of aromatic nitrogens is 2. The molecule has 0 fully saturated rings. The third kappa shape index (κ3) is 3.84. The Morgan fingerprint density at radius 1 is 0.964 bits per heavy atom. The van der Waals surface area contributed by atoms with Crippen LogP contribution in [0.3, 0.4) is 0 Å². The minimum atomic E-state index is -0.112. The molecule has 28 heavy (non-hydrogen) atoms. The molecule has 0 N–H and O–H groups in total. The molecule has 140 valence electrons. The Bertz CT molecular complexity index is 1160. The van der Waals surface area contributed by atoms with Crippen molar-refractivity contribution in [3.63, 3.8) is 0 Å². The summed E-state index contributed by atoms with van der Waals surface area (Å²) in [7, 11) is 0. The van der Waals surface area contributed by atoms with Crippen molar-refractivity contribution in [3.8, 4) is 0 Å². The van der Waals surface area contributed by atoms with Crippen LogP contribution in [0.2, 0.25) is 5.02 Å². The molecule has 0 radical (unpaired) electrons. The van der Waals surface area contributed by atoms with E-state index in [4.69, 9.17) is 16.6 Å². The molecule has 0 saturated carbocycles. The third-order valence-electron chi connectivity index (χ3n) is 4.73. The monoisotopic (exact) mass is 406 g/mol. The number of para-hydroxylation sites is 1. The van der Waals surface area contributed by atoms with Gasteiger partial charge in [-0.05, 0) is 42.3 Å². The van der Waals surface area contributed by atoms with E-state index < -0.39 is 0 Å². The molecule has 1 aromatic heterocycles. The smallest absolute Gasteiger partial charge is 0.262 e. The van der Waals surface area contributed by atoms with E-state index in [1.807, 2.05) is 85.8 Å². The lowest BCUT2D eigenvalue weighted by molar-refractivity contribution is 0.548. The quantitative estimate of drug-likeness (QED) is 0.303. The highest BCUT2D eigenvalue weighted by Crippen LogP contribution is 2.27. The molecule has 5 heteroatoms. The van der Waals surface area contributed by atoms with E-state index in [0.717, 1.165) is 21.8 Å². The molecule has 1 atom stereocenters. The van der Waals surface area contributed by atoms with Gasteiger partial charge in [0, 0.05) is 10.8 Å². The minimum Gasteiger partial charge on any atom is -0.280 e. The summed E-state index contributed by atoms with van der Waals surface area (Å²) in [4.78, 5) is 18.1. The van der Waals surface area contributed by atoms with E-state index >= 15 is 0 Å². The van der Waals surface area contributed by atoms with Crippen LogP contribution >= 0.6 is 23.4 Å². The second kappa shape index (κ2) is 8.21. The van der Waals surface area contributed by atoms with Crippen molar-refractivity contribution in [2.45, 2.75) is 23.9 Å². The molecular weight excluding hydrogens is 388 g/mol. The maximum atomic E-state index is 13.3. The Morgan fingerprint density at radius 2 is 1.64 bits per heavy atom. The van der Waals surface area contributed by atoms with Gasteiger partial charge in [0.15, 0.2) is 5.16 Å². The predicted octanol–water partition coefficient (Wildman–Crippen LogP) is 5.95. The van der Waals surface area contributed by atoms with Gasteiger partial charge in [-0.3, -0.25) is 9.36 Å². The van der Waals surface area contributed by atoms with Crippen molar-refractivity contribution in [2.24, 2.45) is 0 Å². The molecule has 0 spiro atoms. The van der Waals surface area contributed by atoms with Crippen molar-refractivity contribution in [2.75, 3.05) is 0 Å². The third-order valence-corrected chi connectivity index (χ3v) is 6.00. The van der Waals surface area contributed by atoms with E-state index in [1.54, 1.807) is 16.3 Å². The Morgan fingerprint density at radius 3 is 2.39 bits per heavy atom. The summed E-state index contributed by atoms with van der Waals surface area (Å²) in [5.74, 6) is 0.712. The molecule has 0 saturated heterocycles. The maximum absolute atomic E-state index is 13.3. The van der Waals surface area contributed by atoms with Crippen molar-refractivity contribution in [1.82, 2.24) is 9.55 Å². The first-order valence-electron chi connectivity index (χ1n) is 9.07. The SMILES string of the molecule is C[C@H](c1ccccc1)n1c(SCc2ccc(Cl)cc2)nc2ccccc2c1=O. The average molecular weight is 407 g/mol. The average Bonchev–Trinajstić information content (AvgIpc) is 2.74. The first-order valence-corrected chi connectivity index (χ1v) is 10.4. The molecule has 4 rings (SSSR count). The van der Waals surface area contributed by atoms with Crippen LogP contribution in [0.4, 0.5) is 0 Å². The summed E-state index contributed by atoms with van der Waals surface area (Å²) in [6.07, 6.45) is 0. The topological polar surface area (TPSA) is 34.9 Å². The molecule has 3 nitrogen and oxygen atoms in total. The van der Waals surface area contributed by atoms with Crippen LogP contribution in [0.25, 0.3) is 10.9 Å². The zero-order valence-electron chi connectivity index (χ0n) is 15.4. The second-order valence-corrected chi connectivity index (χ2v) is 7.97. The second-order valence-electron chi connectivity index (χ2n) is 6.59. The molecule has 0 amide bonds. The van der Waals surface area contributed by atoms with Crippen LogP contribution in [0.15, 0.2) is 88.8 Å². The number of rotatable bonds is 5. The van der Waals surface area contributed by atoms with E-state index in [0.29, 0.717) is 16.2 Å². The van der Waals surface area contributed by atoms with Gasteiger partial charge < -0.3 is 0 Å². The molecule has 1 heterocycles. The maximum Gasteiger partial charge on any atom is 0.262 e. The molecular formula is C23H19ClN2OS. The summed E-state index contributed by atoms with van der Waals surface area (Å²) < 4.78 is 1.80. The zero-order valence-corrected chi connectivity index (χ0v) is 17.0. The molecule has 0 aliphatic rings. The molecule has 0 aliphatic carbocycles. The van der Waals surface area contributed by atoms with Gasteiger partial charge in [0.1, 0.15) is 0 Å². The summed E-state index contributed by atoms with van der Waals surface area (Å²) in [6.45, 7) is 2.04. The first kappa shape index (κ1) is 18.8. The number of hydrogen-bond donors (Lipinski definition) is 0. The van der Waals surface area contributed by atoms with Crippen LogP contribution in [0.1, 0.15) is 24.1 Å². The van der Waals surface area contributed by atoms with Gasteiger partial charge >= 0.3 is 0 Å². The van der Waals surface area contributed by atoms with Gasteiger partial charge in [-0.1, -0.05) is 78.0 Å². The number of nitrogens with zero attached hydrogens (tertiary/aromatic N) is 2. The number of halogens is 1. The van der Waals surface area contributed by atoms with Gasteiger partial charge in [0.05, 0.1) is 16.9 Å².